The number of nitrogens with zero attached hydrogens (tertiary/aromatic N) is 3. The van der Waals surface area contributed by atoms with E-state index in [0.29, 0.717) is 0 Å². The summed E-state index contributed by atoms with van der Waals surface area (Å²) < 4.78 is 28.0. The van der Waals surface area contributed by atoms with E-state index in [1.807, 2.05) is 0 Å². The highest BCUT2D eigenvalue weighted by atomic mass is 35.5. The van der Waals surface area contributed by atoms with Crippen molar-refractivity contribution in [1.82, 2.24) is 15.0 Å². The molecule has 0 aliphatic heterocycles. The third-order valence-corrected chi connectivity index (χ3v) is 1.69. The lowest BCUT2D eigenvalue weighted by Crippen LogP contribution is -2.14. The van der Waals surface area contributed by atoms with Crippen LogP contribution in [-0.4, -0.2) is 41.1 Å². The van der Waals surface area contributed by atoms with E-state index in [9.17, 15) is 8.78 Å². The monoisotopic (exact) mass is 272 g/mol. The molecule has 1 N–H and O–H groups in total. The van der Waals surface area contributed by atoms with Crippen molar-refractivity contribution >= 4 is 29.2 Å². The molecule has 0 aliphatic carbocycles. The summed E-state index contributed by atoms with van der Waals surface area (Å²) in [5, 5.41) is 2.61. The first kappa shape index (κ1) is 13.3. The SMILES string of the molecule is FC(F)COCCNc1nc(Cl)nc(Cl)n1. The van der Waals surface area contributed by atoms with Crippen LogP contribution in [0.15, 0.2) is 0 Å². The van der Waals surface area contributed by atoms with Gasteiger partial charge in [-0.3, -0.25) is 0 Å². The summed E-state index contributed by atoms with van der Waals surface area (Å²) in [5.41, 5.74) is 0. The molecule has 0 saturated heterocycles. The number of hydrogen-bond acceptors (Lipinski definition) is 5. The normalized spacial score (nSPS) is 10.8. The topological polar surface area (TPSA) is 59.9 Å². The van der Waals surface area contributed by atoms with E-state index in [1.54, 1.807) is 0 Å². The molecule has 0 spiro atoms. The van der Waals surface area contributed by atoms with Crippen molar-refractivity contribution in [3.05, 3.63) is 10.6 Å². The number of anilines is 1. The number of aromatic nitrogens is 3. The molecule has 0 fully saturated rings. The van der Waals surface area contributed by atoms with Crippen molar-refractivity contribution in [1.29, 1.82) is 0 Å². The van der Waals surface area contributed by atoms with Crippen molar-refractivity contribution in [2.75, 3.05) is 25.1 Å². The summed E-state index contributed by atoms with van der Waals surface area (Å²) in [6.45, 7) is -0.227. The van der Waals surface area contributed by atoms with Gasteiger partial charge in [0.25, 0.3) is 6.43 Å². The first-order valence-corrected chi connectivity index (χ1v) is 5.00. The molecule has 0 aromatic carbocycles. The molecule has 0 saturated carbocycles. The molecule has 1 rings (SSSR count). The van der Waals surface area contributed by atoms with Crippen LogP contribution in [0.2, 0.25) is 10.6 Å². The lowest BCUT2D eigenvalue weighted by atomic mass is 10.6. The first-order valence-electron chi connectivity index (χ1n) is 4.25. The highest BCUT2D eigenvalue weighted by Gasteiger charge is 2.03. The number of nitrogens with one attached hydrogen (secondary N) is 1. The van der Waals surface area contributed by atoms with E-state index in [4.69, 9.17) is 23.2 Å². The fraction of sp³-hybridized carbons (Fsp3) is 0.571. The van der Waals surface area contributed by atoms with Crippen LogP contribution in [0.5, 0.6) is 0 Å². The number of halogens is 4. The van der Waals surface area contributed by atoms with E-state index in [1.165, 1.54) is 0 Å². The fourth-order valence-corrected chi connectivity index (χ4v) is 1.18. The molecule has 0 amide bonds. The van der Waals surface area contributed by atoms with Gasteiger partial charge in [0.2, 0.25) is 16.5 Å². The number of alkyl halides is 2. The van der Waals surface area contributed by atoms with E-state index in [2.05, 4.69) is 25.0 Å². The summed E-state index contributed by atoms with van der Waals surface area (Å²) >= 11 is 11.0. The van der Waals surface area contributed by atoms with E-state index in [0.717, 1.165) is 0 Å². The Bertz CT molecular complexity index is 322. The van der Waals surface area contributed by atoms with Gasteiger partial charge in [-0.1, -0.05) is 0 Å². The van der Waals surface area contributed by atoms with Crippen LogP contribution in [0, 0.1) is 0 Å². The first-order chi connectivity index (χ1) is 7.58. The van der Waals surface area contributed by atoms with Gasteiger partial charge in [-0.2, -0.15) is 15.0 Å². The molecule has 1 aromatic heterocycles. The zero-order valence-corrected chi connectivity index (χ0v) is 9.47. The van der Waals surface area contributed by atoms with Gasteiger partial charge < -0.3 is 10.1 Å². The standard InChI is InChI=1S/C7H8Cl2F2N4O/c8-5-13-6(9)15-7(14-5)12-1-2-16-3-4(10)11/h4H,1-3H2,(H,12,13,14,15). The molecule has 0 radical (unpaired) electrons. The second kappa shape index (κ2) is 6.72. The molecule has 1 aromatic rings. The zero-order valence-electron chi connectivity index (χ0n) is 7.96. The fourth-order valence-electron chi connectivity index (χ4n) is 0.812. The summed E-state index contributed by atoms with van der Waals surface area (Å²) in [6, 6.07) is 0. The lowest BCUT2D eigenvalue weighted by Gasteiger charge is -2.05. The maximum absolute atomic E-state index is 11.7. The molecule has 0 aliphatic rings. The third-order valence-electron chi connectivity index (χ3n) is 1.35. The maximum Gasteiger partial charge on any atom is 0.261 e. The number of ether oxygens (including phenoxy) is 1. The van der Waals surface area contributed by atoms with E-state index >= 15 is 0 Å². The largest absolute Gasteiger partial charge is 0.374 e. The molecule has 5 nitrogen and oxygen atoms in total. The second-order valence-corrected chi connectivity index (χ2v) is 3.27. The highest BCUT2D eigenvalue weighted by Crippen LogP contribution is 2.08. The average molecular weight is 273 g/mol. The Morgan fingerprint density at radius 2 is 1.81 bits per heavy atom. The Morgan fingerprint density at radius 1 is 1.19 bits per heavy atom. The molecule has 1 heterocycles. The van der Waals surface area contributed by atoms with E-state index < -0.39 is 13.0 Å². The van der Waals surface area contributed by atoms with Crippen LogP contribution in [0.3, 0.4) is 0 Å². The van der Waals surface area contributed by atoms with Gasteiger partial charge in [-0.15, -0.1) is 0 Å². The van der Waals surface area contributed by atoms with Gasteiger partial charge in [0.1, 0.15) is 6.61 Å². The van der Waals surface area contributed by atoms with E-state index in [-0.39, 0.29) is 29.7 Å². The summed E-state index contributed by atoms with van der Waals surface area (Å²) in [7, 11) is 0. The van der Waals surface area contributed by atoms with Crippen molar-refractivity contribution in [3.63, 3.8) is 0 Å². The molecule has 0 atom stereocenters. The summed E-state index contributed by atoms with van der Waals surface area (Å²) in [6.07, 6.45) is -2.47. The molecule has 90 valence electrons. The quantitative estimate of drug-likeness (QED) is 0.802. The number of rotatable bonds is 6. The minimum absolute atomic E-state index is 0.0454. The third kappa shape index (κ3) is 5.34. The Kier molecular flexibility index (Phi) is 5.58. The predicted octanol–water partition coefficient (Wildman–Crippen LogP) is 1.87. The van der Waals surface area contributed by atoms with Crippen LogP contribution >= 0.6 is 23.2 Å². The van der Waals surface area contributed by atoms with Gasteiger partial charge in [0.05, 0.1) is 6.61 Å². The Labute approximate surface area is 100 Å². The van der Waals surface area contributed by atoms with Crippen LogP contribution in [0.1, 0.15) is 0 Å². The van der Waals surface area contributed by atoms with Crippen LogP contribution < -0.4 is 5.32 Å². The molecular formula is C7H8Cl2F2N4O. The smallest absolute Gasteiger partial charge is 0.261 e. The summed E-state index contributed by atoms with van der Waals surface area (Å²) in [5.74, 6) is 0.172. The summed E-state index contributed by atoms with van der Waals surface area (Å²) in [4.78, 5) is 11.0. The molecule has 0 unspecified atom stereocenters. The van der Waals surface area contributed by atoms with Crippen molar-refractivity contribution in [2.45, 2.75) is 6.43 Å². The minimum Gasteiger partial charge on any atom is -0.374 e. The molecule has 9 heteroatoms. The minimum atomic E-state index is -2.47. The van der Waals surface area contributed by atoms with Gasteiger partial charge in [-0.25, -0.2) is 8.78 Å². The Balaban J connectivity index is 2.26. The van der Waals surface area contributed by atoms with Crippen LogP contribution in [0.25, 0.3) is 0 Å². The van der Waals surface area contributed by atoms with Crippen molar-refractivity contribution < 1.29 is 13.5 Å². The molecule has 0 bridgehead atoms. The van der Waals surface area contributed by atoms with Crippen molar-refractivity contribution in [3.8, 4) is 0 Å². The zero-order chi connectivity index (χ0) is 12.0. The van der Waals surface area contributed by atoms with Crippen LogP contribution in [0.4, 0.5) is 14.7 Å². The second-order valence-electron chi connectivity index (χ2n) is 2.59. The number of hydrogen-bond donors (Lipinski definition) is 1. The average Bonchev–Trinajstić information content (AvgIpc) is 2.15. The Morgan fingerprint density at radius 3 is 2.38 bits per heavy atom. The van der Waals surface area contributed by atoms with Crippen LogP contribution in [-0.2, 0) is 4.74 Å². The maximum atomic E-state index is 11.7. The van der Waals surface area contributed by atoms with Gasteiger partial charge >= 0.3 is 0 Å². The lowest BCUT2D eigenvalue weighted by molar-refractivity contribution is 0.0214. The van der Waals surface area contributed by atoms with Gasteiger partial charge in [0, 0.05) is 6.54 Å². The highest BCUT2D eigenvalue weighted by molar-refractivity contribution is 6.31. The molecular weight excluding hydrogens is 265 g/mol. The van der Waals surface area contributed by atoms with Gasteiger partial charge in [0.15, 0.2) is 0 Å². The van der Waals surface area contributed by atoms with Crippen molar-refractivity contribution in [2.24, 2.45) is 0 Å². The van der Waals surface area contributed by atoms with Gasteiger partial charge in [-0.05, 0) is 23.2 Å². The Hall–Kier alpha value is -0.790. The predicted molar refractivity (Wildman–Crippen MR) is 55.2 cm³/mol. The molecule has 16 heavy (non-hydrogen) atoms.